The largest absolute Gasteiger partial charge is 0.392 e. The van der Waals surface area contributed by atoms with Crippen molar-refractivity contribution in [2.75, 3.05) is 5.75 Å². The van der Waals surface area contributed by atoms with Gasteiger partial charge in [0.25, 0.3) is 0 Å². The molecule has 1 N–H and O–H groups in total. The van der Waals surface area contributed by atoms with Gasteiger partial charge in [-0.2, -0.15) is 12.6 Å². The Morgan fingerprint density at radius 2 is 2.29 bits per heavy atom. The summed E-state index contributed by atoms with van der Waals surface area (Å²) in [4.78, 5) is 0. The predicted octanol–water partition coefficient (Wildman–Crippen LogP) is 0.687. The molecule has 0 aromatic rings. The molecular formula is C5H10OS. The standard InChI is InChI=1S/C5H10OS/c6-5(3-7)4-1-2-4/h4-7H,1-3H2. The van der Waals surface area contributed by atoms with E-state index in [0.29, 0.717) is 11.7 Å². The summed E-state index contributed by atoms with van der Waals surface area (Å²) in [6, 6.07) is 0. The van der Waals surface area contributed by atoms with Crippen molar-refractivity contribution in [2.24, 2.45) is 5.92 Å². The lowest BCUT2D eigenvalue weighted by atomic mass is 10.3. The molecule has 0 aliphatic heterocycles. The zero-order chi connectivity index (χ0) is 5.28. The molecule has 0 bridgehead atoms. The first-order valence-corrected chi connectivity index (χ1v) is 3.26. The van der Waals surface area contributed by atoms with Crippen LogP contribution in [0.25, 0.3) is 0 Å². The number of aliphatic hydroxyl groups excluding tert-OH is 1. The van der Waals surface area contributed by atoms with Crippen LogP contribution in [0, 0.1) is 5.92 Å². The summed E-state index contributed by atoms with van der Waals surface area (Å²) in [7, 11) is 0. The summed E-state index contributed by atoms with van der Waals surface area (Å²) < 4.78 is 0. The third-order valence-electron chi connectivity index (χ3n) is 1.35. The predicted molar refractivity (Wildman–Crippen MR) is 32.6 cm³/mol. The molecule has 0 radical (unpaired) electrons. The van der Waals surface area contributed by atoms with Gasteiger partial charge in [-0.3, -0.25) is 0 Å². The molecule has 0 aromatic carbocycles. The molecule has 0 spiro atoms. The van der Waals surface area contributed by atoms with Crippen LogP contribution >= 0.6 is 12.6 Å². The lowest BCUT2D eigenvalue weighted by molar-refractivity contribution is 0.176. The smallest absolute Gasteiger partial charge is 0.0656 e. The van der Waals surface area contributed by atoms with Gasteiger partial charge in [0, 0.05) is 5.75 Å². The van der Waals surface area contributed by atoms with Crippen molar-refractivity contribution in [2.45, 2.75) is 18.9 Å². The highest BCUT2D eigenvalue weighted by molar-refractivity contribution is 7.80. The van der Waals surface area contributed by atoms with Crippen LogP contribution in [0.15, 0.2) is 0 Å². The zero-order valence-corrected chi connectivity index (χ0v) is 5.06. The van der Waals surface area contributed by atoms with Crippen molar-refractivity contribution in [3.8, 4) is 0 Å². The Morgan fingerprint density at radius 1 is 1.71 bits per heavy atom. The van der Waals surface area contributed by atoms with E-state index in [1.165, 1.54) is 12.8 Å². The third kappa shape index (κ3) is 1.35. The van der Waals surface area contributed by atoms with Gasteiger partial charge in [0.1, 0.15) is 0 Å². The second kappa shape index (κ2) is 2.05. The van der Waals surface area contributed by atoms with Crippen molar-refractivity contribution in [1.82, 2.24) is 0 Å². The van der Waals surface area contributed by atoms with E-state index in [1.807, 2.05) is 0 Å². The quantitative estimate of drug-likeness (QED) is 0.511. The first-order valence-electron chi connectivity index (χ1n) is 2.63. The number of thiol groups is 1. The lowest BCUT2D eigenvalue weighted by Crippen LogP contribution is -2.09. The van der Waals surface area contributed by atoms with Crippen molar-refractivity contribution in [3.05, 3.63) is 0 Å². The van der Waals surface area contributed by atoms with Gasteiger partial charge in [0.15, 0.2) is 0 Å². The van der Waals surface area contributed by atoms with Gasteiger partial charge in [-0.05, 0) is 18.8 Å². The Balaban J connectivity index is 2.10. The Kier molecular flexibility index (Phi) is 1.60. The molecule has 7 heavy (non-hydrogen) atoms. The molecule has 0 aromatic heterocycles. The maximum Gasteiger partial charge on any atom is 0.0656 e. The fourth-order valence-corrected chi connectivity index (χ4v) is 0.928. The average Bonchev–Trinajstić information content (AvgIpc) is 2.44. The van der Waals surface area contributed by atoms with Gasteiger partial charge in [-0.15, -0.1) is 0 Å². The van der Waals surface area contributed by atoms with Crippen LogP contribution in [-0.4, -0.2) is 17.0 Å². The summed E-state index contributed by atoms with van der Waals surface area (Å²) in [6.07, 6.45) is 2.30. The number of hydrogen-bond donors (Lipinski definition) is 2. The van der Waals surface area contributed by atoms with Crippen LogP contribution in [0.2, 0.25) is 0 Å². The van der Waals surface area contributed by atoms with Crippen LogP contribution in [0.3, 0.4) is 0 Å². The highest BCUT2D eigenvalue weighted by Crippen LogP contribution is 2.32. The monoisotopic (exact) mass is 118 g/mol. The van der Waals surface area contributed by atoms with Gasteiger partial charge in [-0.25, -0.2) is 0 Å². The molecule has 0 amide bonds. The zero-order valence-electron chi connectivity index (χ0n) is 4.17. The van der Waals surface area contributed by atoms with Gasteiger partial charge >= 0.3 is 0 Å². The normalized spacial score (nSPS) is 24.9. The second-order valence-corrected chi connectivity index (χ2v) is 2.45. The van der Waals surface area contributed by atoms with Crippen molar-refractivity contribution >= 4 is 12.6 Å². The Bertz CT molecular complexity index is 61.1. The van der Waals surface area contributed by atoms with E-state index in [1.54, 1.807) is 0 Å². The molecule has 1 fully saturated rings. The minimum Gasteiger partial charge on any atom is -0.392 e. The fourth-order valence-electron chi connectivity index (χ4n) is 0.630. The van der Waals surface area contributed by atoms with Gasteiger partial charge in [-0.1, -0.05) is 0 Å². The molecule has 1 aliphatic carbocycles. The number of aliphatic hydroxyl groups is 1. The molecule has 42 valence electrons. The summed E-state index contributed by atoms with van der Waals surface area (Å²) in [6.45, 7) is 0. The van der Waals surface area contributed by atoms with E-state index in [-0.39, 0.29) is 6.10 Å². The Labute approximate surface area is 49.1 Å². The Morgan fingerprint density at radius 3 is 2.43 bits per heavy atom. The molecule has 0 heterocycles. The van der Waals surface area contributed by atoms with Crippen molar-refractivity contribution < 1.29 is 5.11 Å². The molecule has 1 unspecified atom stereocenters. The van der Waals surface area contributed by atoms with Crippen LogP contribution in [-0.2, 0) is 0 Å². The van der Waals surface area contributed by atoms with Gasteiger partial charge in [0.2, 0.25) is 0 Å². The van der Waals surface area contributed by atoms with Gasteiger partial charge in [0.05, 0.1) is 6.10 Å². The van der Waals surface area contributed by atoms with E-state index in [4.69, 9.17) is 5.11 Å². The molecule has 2 heteroatoms. The van der Waals surface area contributed by atoms with E-state index in [2.05, 4.69) is 12.6 Å². The lowest BCUT2D eigenvalue weighted by Gasteiger charge is -2.00. The summed E-state index contributed by atoms with van der Waals surface area (Å²) in [5, 5.41) is 8.92. The highest BCUT2D eigenvalue weighted by atomic mass is 32.1. The Hall–Kier alpha value is 0.310. The van der Waals surface area contributed by atoms with Crippen molar-refractivity contribution in [3.63, 3.8) is 0 Å². The van der Waals surface area contributed by atoms with Gasteiger partial charge < -0.3 is 5.11 Å². The maximum atomic E-state index is 8.92. The van der Waals surface area contributed by atoms with Crippen LogP contribution < -0.4 is 0 Å². The summed E-state index contributed by atoms with van der Waals surface area (Å²) in [5.74, 6) is 1.22. The minimum absolute atomic E-state index is 0.122. The minimum atomic E-state index is -0.122. The first-order chi connectivity index (χ1) is 3.34. The second-order valence-electron chi connectivity index (χ2n) is 2.09. The topological polar surface area (TPSA) is 20.2 Å². The van der Waals surface area contributed by atoms with E-state index in [0.717, 1.165) is 0 Å². The van der Waals surface area contributed by atoms with Crippen LogP contribution in [0.5, 0.6) is 0 Å². The van der Waals surface area contributed by atoms with E-state index < -0.39 is 0 Å². The molecular weight excluding hydrogens is 108 g/mol. The highest BCUT2D eigenvalue weighted by Gasteiger charge is 2.28. The summed E-state index contributed by atoms with van der Waals surface area (Å²) >= 11 is 3.94. The van der Waals surface area contributed by atoms with Crippen LogP contribution in [0.1, 0.15) is 12.8 Å². The van der Waals surface area contributed by atoms with Crippen LogP contribution in [0.4, 0.5) is 0 Å². The molecule has 1 atom stereocenters. The van der Waals surface area contributed by atoms with Crippen molar-refractivity contribution in [1.29, 1.82) is 0 Å². The summed E-state index contributed by atoms with van der Waals surface area (Å²) in [5.41, 5.74) is 0. The third-order valence-corrected chi connectivity index (χ3v) is 1.73. The molecule has 1 rings (SSSR count). The maximum absolute atomic E-state index is 8.92. The molecule has 1 saturated carbocycles. The number of rotatable bonds is 2. The first kappa shape index (κ1) is 5.45. The fraction of sp³-hybridized carbons (Fsp3) is 1.00. The van der Waals surface area contributed by atoms with E-state index in [9.17, 15) is 0 Å². The molecule has 1 aliphatic rings. The SMILES string of the molecule is OC(CS)C1CC1. The average molecular weight is 118 g/mol. The molecule has 0 saturated heterocycles. The molecule has 1 nitrogen and oxygen atoms in total. The number of hydrogen-bond acceptors (Lipinski definition) is 2. The van der Waals surface area contributed by atoms with E-state index >= 15 is 0 Å².